The van der Waals surface area contributed by atoms with Gasteiger partial charge in [-0.15, -0.1) is 11.3 Å². The minimum atomic E-state index is -0.252. The second-order valence-electron chi connectivity index (χ2n) is 3.46. The Morgan fingerprint density at radius 2 is 2.18 bits per heavy atom. The van der Waals surface area contributed by atoms with Crippen molar-refractivity contribution in [3.63, 3.8) is 0 Å². The second-order valence-corrected chi connectivity index (χ2v) is 4.24. The lowest BCUT2D eigenvalue weighted by Crippen LogP contribution is -2.04. The third-order valence-electron chi connectivity index (χ3n) is 2.21. The predicted molar refractivity (Wildman–Crippen MR) is 66.6 cm³/mol. The van der Waals surface area contributed by atoms with Crippen LogP contribution in [0.15, 0.2) is 41.1 Å². The van der Waals surface area contributed by atoms with E-state index in [9.17, 15) is 4.79 Å². The fraction of sp³-hybridized carbons (Fsp3) is 0.154. The normalized spacial score (nSPS) is 9.94. The van der Waals surface area contributed by atoms with E-state index < -0.39 is 0 Å². The number of rotatable bonds is 4. The molecule has 0 aliphatic heterocycles. The van der Waals surface area contributed by atoms with Crippen LogP contribution in [-0.2, 0) is 16.0 Å². The van der Waals surface area contributed by atoms with Gasteiger partial charge in [-0.2, -0.15) is 0 Å². The van der Waals surface area contributed by atoms with Gasteiger partial charge in [-0.25, -0.2) is 0 Å². The van der Waals surface area contributed by atoms with E-state index in [4.69, 9.17) is 4.74 Å². The molecule has 0 spiro atoms. The lowest BCUT2D eigenvalue weighted by molar-refractivity contribution is -0.139. The molecule has 0 N–H and O–H groups in total. The Morgan fingerprint density at radius 1 is 1.29 bits per heavy atom. The van der Waals surface area contributed by atoms with Crippen molar-refractivity contribution in [2.24, 2.45) is 0 Å². The van der Waals surface area contributed by atoms with Crippen LogP contribution in [0.3, 0.4) is 0 Å². The van der Waals surface area contributed by atoms with Crippen molar-refractivity contribution in [3.05, 3.63) is 46.7 Å². The maximum atomic E-state index is 11.1. The standard InChI is InChI=1S/C13H12O3S/c1-15-13(14)8-10-3-2-4-11(7-10)16-12-5-6-17-9-12/h2-7,9H,8H2,1H3. The first-order valence-electron chi connectivity index (χ1n) is 5.14. The molecule has 0 aliphatic rings. The summed E-state index contributed by atoms with van der Waals surface area (Å²) in [5.41, 5.74) is 0.879. The zero-order valence-electron chi connectivity index (χ0n) is 9.38. The Bertz CT molecular complexity index is 491. The fourth-order valence-electron chi connectivity index (χ4n) is 1.40. The summed E-state index contributed by atoms with van der Waals surface area (Å²) in [5, 5.41) is 3.88. The molecule has 0 amide bonds. The number of hydrogen-bond acceptors (Lipinski definition) is 4. The highest BCUT2D eigenvalue weighted by molar-refractivity contribution is 7.08. The van der Waals surface area contributed by atoms with Crippen molar-refractivity contribution in [1.29, 1.82) is 0 Å². The molecular formula is C13H12O3S. The zero-order valence-corrected chi connectivity index (χ0v) is 10.2. The highest BCUT2D eigenvalue weighted by Crippen LogP contribution is 2.24. The Balaban J connectivity index is 2.08. The summed E-state index contributed by atoms with van der Waals surface area (Å²) in [7, 11) is 1.38. The molecule has 0 saturated carbocycles. The summed E-state index contributed by atoms with van der Waals surface area (Å²) in [6.45, 7) is 0. The first-order valence-corrected chi connectivity index (χ1v) is 6.08. The van der Waals surface area contributed by atoms with Crippen LogP contribution in [0.1, 0.15) is 5.56 Å². The van der Waals surface area contributed by atoms with E-state index in [1.165, 1.54) is 7.11 Å². The van der Waals surface area contributed by atoms with Gasteiger partial charge in [0.2, 0.25) is 0 Å². The number of thiophene rings is 1. The number of esters is 1. The molecule has 88 valence electrons. The minimum Gasteiger partial charge on any atom is -0.469 e. The largest absolute Gasteiger partial charge is 0.469 e. The molecule has 0 aliphatic carbocycles. The topological polar surface area (TPSA) is 35.5 Å². The van der Waals surface area contributed by atoms with E-state index in [2.05, 4.69) is 4.74 Å². The molecule has 2 aromatic rings. The quantitative estimate of drug-likeness (QED) is 0.779. The van der Waals surface area contributed by atoms with Crippen LogP contribution in [0, 0.1) is 0 Å². The van der Waals surface area contributed by atoms with Gasteiger partial charge in [0.1, 0.15) is 11.5 Å². The average Bonchev–Trinajstić information content (AvgIpc) is 2.82. The molecule has 0 saturated heterocycles. The van der Waals surface area contributed by atoms with Gasteiger partial charge in [-0.1, -0.05) is 12.1 Å². The van der Waals surface area contributed by atoms with Crippen LogP contribution >= 0.6 is 11.3 Å². The van der Waals surface area contributed by atoms with Gasteiger partial charge in [0.25, 0.3) is 0 Å². The number of ether oxygens (including phenoxy) is 2. The molecule has 1 aromatic carbocycles. The smallest absolute Gasteiger partial charge is 0.309 e. The molecule has 1 aromatic heterocycles. The van der Waals surface area contributed by atoms with Crippen LogP contribution in [0.25, 0.3) is 0 Å². The molecule has 0 fully saturated rings. The third kappa shape index (κ3) is 3.32. The van der Waals surface area contributed by atoms with Crippen molar-refractivity contribution in [2.45, 2.75) is 6.42 Å². The number of benzene rings is 1. The lowest BCUT2D eigenvalue weighted by Gasteiger charge is -2.05. The van der Waals surface area contributed by atoms with E-state index in [1.807, 2.05) is 41.1 Å². The van der Waals surface area contributed by atoms with Crippen LogP contribution < -0.4 is 4.74 Å². The van der Waals surface area contributed by atoms with Gasteiger partial charge >= 0.3 is 5.97 Å². The summed E-state index contributed by atoms with van der Waals surface area (Å²) in [4.78, 5) is 11.1. The second kappa shape index (κ2) is 5.50. The van der Waals surface area contributed by atoms with Crippen LogP contribution in [0.2, 0.25) is 0 Å². The maximum absolute atomic E-state index is 11.1. The van der Waals surface area contributed by atoms with Gasteiger partial charge < -0.3 is 9.47 Å². The third-order valence-corrected chi connectivity index (χ3v) is 2.87. The Morgan fingerprint density at radius 3 is 2.88 bits per heavy atom. The monoisotopic (exact) mass is 248 g/mol. The van der Waals surface area contributed by atoms with Crippen molar-refractivity contribution in [1.82, 2.24) is 0 Å². The zero-order chi connectivity index (χ0) is 12.1. The van der Waals surface area contributed by atoms with E-state index in [0.29, 0.717) is 0 Å². The highest BCUT2D eigenvalue weighted by atomic mass is 32.1. The molecular weight excluding hydrogens is 236 g/mol. The maximum Gasteiger partial charge on any atom is 0.309 e. The number of carbonyl (C=O) groups excluding carboxylic acids is 1. The van der Waals surface area contributed by atoms with Crippen molar-refractivity contribution in [2.75, 3.05) is 7.11 Å². The Hall–Kier alpha value is -1.81. The first kappa shape index (κ1) is 11.7. The van der Waals surface area contributed by atoms with Crippen molar-refractivity contribution in [3.8, 4) is 11.5 Å². The van der Waals surface area contributed by atoms with Gasteiger partial charge in [0.15, 0.2) is 0 Å². The predicted octanol–water partition coefficient (Wildman–Crippen LogP) is 3.26. The number of carbonyl (C=O) groups is 1. The van der Waals surface area contributed by atoms with Crippen molar-refractivity contribution < 1.29 is 14.3 Å². The molecule has 0 unspecified atom stereocenters. The Labute approximate surface area is 104 Å². The molecule has 3 nitrogen and oxygen atoms in total. The highest BCUT2D eigenvalue weighted by Gasteiger charge is 2.04. The molecule has 1 heterocycles. The summed E-state index contributed by atoms with van der Waals surface area (Å²) in [6.07, 6.45) is 0.261. The number of methoxy groups -OCH3 is 1. The molecule has 4 heteroatoms. The van der Waals surface area contributed by atoms with E-state index >= 15 is 0 Å². The summed E-state index contributed by atoms with van der Waals surface area (Å²) >= 11 is 1.58. The van der Waals surface area contributed by atoms with Crippen LogP contribution in [0.4, 0.5) is 0 Å². The number of hydrogen-bond donors (Lipinski definition) is 0. The SMILES string of the molecule is COC(=O)Cc1cccc(Oc2ccsc2)c1. The van der Waals surface area contributed by atoms with Gasteiger partial charge in [0.05, 0.1) is 13.5 Å². The van der Waals surface area contributed by atoms with Crippen LogP contribution in [-0.4, -0.2) is 13.1 Å². The fourth-order valence-corrected chi connectivity index (χ4v) is 1.96. The van der Waals surface area contributed by atoms with E-state index in [0.717, 1.165) is 17.1 Å². The molecule has 0 atom stereocenters. The van der Waals surface area contributed by atoms with E-state index in [1.54, 1.807) is 11.3 Å². The van der Waals surface area contributed by atoms with E-state index in [-0.39, 0.29) is 12.4 Å². The Kier molecular flexibility index (Phi) is 3.77. The molecule has 2 rings (SSSR count). The molecule has 0 radical (unpaired) electrons. The van der Waals surface area contributed by atoms with Gasteiger partial charge in [-0.3, -0.25) is 4.79 Å². The molecule has 17 heavy (non-hydrogen) atoms. The lowest BCUT2D eigenvalue weighted by atomic mass is 10.1. The van der Waals surface area contributed by atoms with Gasteiger partial charge in [0, 0.05) is 5.38 Å². The minimum absolute atomic E-state index is 0.252. The van der Waals surface area contributed by atoms with Crippen molar-refractivity contribution >= 4 is 17.3 Å². The van der Waals surface area contributed by atoms with Gasteiger partial charge in [-0.05, 0) is 29.1 Å². The summed E-state index contributed by atoms with van der Waals surface area (Å²) in [5.74, 6) is 1.28. The average molecular weight is 248 g/mol. The first-order chi connectivity index (χ1) is 8.28. The summed E-state index contributed by atoms with van der Waals surface area (Å²) in [6, 6.07) is 9.34. The van der Waals surface area contributed by atoms with Crippen LogP contribution in [0.5, 0.6) is 11.5 Å². The summed E-state index contributed by atoms with van der Waals surface area (Å²) < 4.78 is 10.3. The molecule has 0 bridgehead atoms.